The van der Waals surface area contributed by atoms with Gasteiger partial charge >= 0.3 is 12.3 Å². The highest BCUT2D eigenvalue weighted by Crippen LogP contribution is 2.74. The fourth-order valence-electron chi connectivity index (χ4n) is 5.31. The highest BCUT2D eigenvalue weighted by Gasteiger charge is 2.71. The predicted octanol–water partition coefficient (Wildman–Crippen LogP) is 3.66. The third kappa shape index (κ3) is 2.71. The van der Waals surface area contributed by atoms with Crippen molar-refractivity contribution in [2.45, 2.75) is 32.0 Å². The molecule has 3 aliphatic rings. The zero-order valence-corrected chi connectivity index (χ0v) is 13.8. The average Bonchev–Trinajstić information content (AvgIpc) is 3.21. The minimum Gasteiger partial charge on any atom is -0.481 e. The molecule has 0 saturated heterocycles. The average molecular weight is 369 g/mol. The van der Waals surface area contributed by atoms with Gasteiger partial charge in [0.15, 0.2) is 0 Å². The number of carbonyl (C=O) groups is 2. The maximum Gasteiger partial charge on any atom is 0.573 e. The van der Waals surface area contributed by atoms with Gasteiger partial charge in [0.05, 0.1) is 11.8 Å². The third-order valence-corrected chi connectivity index (χ3v) is 6.29. The van der Waals surface area contributed by atoms with Crippen molar-refractivity contribution in [2.24, 2.45) is 29.1 Å². The number of aliphatic carboxylic acids is 1. The Morgan fingerprint density at radius 3 is 2.15 bits per heavy atom. The number of carbonyl (C=O) groups excluding carboxylic acids is 1. The molecule has 26 heavy (non-hydrogen) atoms. The molecule has 140 valence electrons. The molecule has 4 unspecified atom stereocenters. The molecule has 0 heterocycles. The van der Waals surface area contributed by atoms with Crippen LogP contribution < -0.4 is 10.1 Å². The smallest absolute Gasteiger partial charge is 0.481 e. The molecule has 8 heteroatoms. The van der Waals surface area contributed by atoms with Crippen LogP contribution in [0.3, 0.4) is 0 Å². The van der Waals surface area contributed by atoms with Crippen LogP contribution in [0, 0.1) is 29.1 Å². The van der Waals surface area contributed by atoms with E-state index in [2.05, 4.69) is 10.1 Å². The number of nitrogens with one attached hydrogen (secondary N) is 1. The number of anilines is 1. The molecule has 3 fully saturated rings. The Labute approximate surface area is 147 Å². The van der Waals surface area contributed by atoms with Crippen molar-refractivity contribution in [3.8, 4) is 5.75 Å². The van der Waals surface area contributed by atoms with E-state index >= 15 is 0 Å². The number of halogens is 3. The quantitative estimate of drug-likeness (QED) is 0.849. The van der Waals surface area contributed by atoms with Crippen LogP contribution >= 0.6 is 0 Å². The summed E-state index contributed by atoms with van der Waals surface area (Å²) in [5, 5.41) is 12.3. The summed E-state index contributed by atoms with van der Waals surface area (Å²) in [7, 11) is 0. The maximum absolute atomic E-state index is 12.8. The Hall–Kier alpha value is -2.25. The fourth-order valence-corrected chi connectivity index (χ4v) is 5.31. The topological polar surface area (TPSA) is 75.6 Å². The van der Waals surface area contributed by atoms with Gasteiger partial charge in [-0.15, -0.1) is 13.2 Å². The van der Waals surface area contributed by atoms with Gasteiger partial charge in [0.1, 0.15) is 5.75 Å². The van der Waals surface area contributed by atoms with Crippen LogP contribution in [0.4, 0.5) is 18.9 Å². The Balaban J connectivity index is 1.49. The molecule has 0 aliphatic heterocycles. The lowest BCUT2D eigenvalue weighted by Gasteiger charge is -2.26. The van der Waals surface area contributed by atoms with E-state index in [0.29, 0.717) is 5.69 Å². The van der Waals surface area contributed by atoms with Crippen LogP contribution in [0.5, 0.6) is 5.75 Å². The summed E-state index contributed by atoms with van der Waals surface area (Å²) in [5.74, 6) is -2.79. The van der Waals surface area contributed by atoms with Crippen LogP contribution in [0.1, 0.15) is 25.7 Å². The number of benzene rings is 1. The molecule has 4 rings (SSSR count). The molecule has 1 aromatic carbocycles. The summed E-state index contributed by atoms with van der Waals surface area (Å²) in [6.07, 6.45) is -1.08. The zero-order chi connectivity index (χ0) is 18.7. The zero-order valence-electron chi connectivity index (χ0n) is 13.8. The Morgan fingerprint density at radius 2 is 1.65 bits per heavy atom. The Kier molecular flexibility index (Phi) is 3.71. The molecular formula is C18H18F3NO4. The first-order chi connectivity index (χ1) is 12.2. The van der Waals surface area contributed by atoms with Gasteiger partial charge in [-0.05, 0) is 67.2 Å². The van der Waals surface area contributed by atoms with Gasteiger partial charge in [-0.1, -0.05) is 0 Å². The number of hydrogen-bond donors (Lipinski definition) is 2. The van der Waals surface area contributed by atoms with Gasteiger partial charge in [-0.2, -0.15) is 0 Å². The molecule has 3 aliphatic carbocycles. The molecule has 1 spiro atoms. The first-order valence-electron chi connectivity index (χ1n) is 8.61. The van der Waals surface area contributed by atoms with Gasteiger partial charge < -0.3 is 15.2 Å². The first-order valence-corrected chi connectivity index (χ1v) is 8.61. The van der Waals surface area contributed by atoms with Gasteiger partial charge in [-0.25, -0.2) is 0 Å². The van der Waals surface area contributed by atoms with Crippen molar-refractivity contribution < 1.29 is 32.6 Å². The molecule has 5 nitrogen and oxygen atoms in total. The molecule has 0 aromatic heterocycles. The standard InChI is InChI=1S/C18H18F3NO4/c19-18(20,21)26-10-3-1-9(2-4-10)22-15(23)13-11-5-6-12(14(13)16(24)25)17(11)7-8-17/h1-4,11-14H,5-8H2,(H,22,23)(H,24,25). The molecule has 2 N–H and O–H groups in total. The van der Waals surface area contributed by atoms with Crippen LogP contribution in [-0.4, -0.2) is 23.3 Å². The van der Waals surface area contributed by atoms with E-state index in [1.54, 1.807) is 0 Å². The number of hydrogen-bond acceptors (Lipinski definition) is 3. The summed E-state index contributed by atoms with van der Waals surface area (Å²) in [5.41, 5.74) is 0.344. The normalized spacial score (nSPS) is 31.0. The second-order valence-corrected chi connectivity index (χ2v) is 7.47. The molecule has 3 saturated carbocycles. The van der Waals surface area contributed by atoms with Crippen LogP contribution in [0.15, 0.2) is 24.3 Å². The van der Waals surface area contributed by atoms with Crippen LogP contribution in [0.2, 0.25) is 0 Å². The van der Waals surface area contributed by atoms with Crippen molar-refractivity contribution in [1.29, 1.82) is 0 Å². The van der Waals surface area contributed by atoms with Crippen LogP contribution in [-0.2, 0) is 9.59 Å². The summed E-state index contributed by atoms with van der Waals surface area (Å²) in [6.45, 7) is 0. The largest absolute Gasteiger partial charge is 0.573 e. The van der Waals surface area contributed by atoms with E-state index in [4.69, 9.17) is 0 Å². The summed E-state index contributed by atoms with van der Waals surface area (Å²) in [6, 6.07) is 4.85. The van der Waals surface area contributed by atoms with Gasteiger partial charge in [-0.3, -0.25) is 9.59 Å². The highest BCUT2D eigenvalue weighted by atomic mass is 19.4. The minimum absolute atomic E-state index is 0.0233. The van der Waals surface area contributed by atoms with Gasteiger partial charge in [0, 0.05) is 5.69 Å². The summed E-state index contributed by atoms with van der Waals surface area (Å²) < 4.78 is 40.4. The minimum atomic E-state index is -4.78. The lowest BCUT2D eigenvalue weighted by atomic mass is 9.78. The Bertz CT molecular complexity index is 742. The van der Waals surface area contributed by atoms with E-state index in [-0.39, 0.29) is 28.9 Å². The van der Waals surface area contributed by atoms with E-state index in [9.17, 15) is 27.9 Å². The number of carboxylic acid groups (broad SMARTS) is 1. The molecule has 2 bridgehead atoms. The number of rotatable bonds is 4. The van der Waals surface area contributed by atoms with E-state index < -0.39 is 24.2 Å². The second kappa shape index (κ2) is 5.62. The van der Waals surface area contributed by atoms with Crippen molar-refractivity contribution in [3.63, 3.8) is 0 Å². The molecular weight excluding hydrogens is 351 g/mol. The lowest BCUT2D eigenvalue weighted by molar-refractivity contribution is -0.274. The third-order valence-electron chi connectivity index (χ3n) is 6.29. The van der Waals surface area contributed by atoms with E-state index in [1.165, 1.54) is 12.1 Å². The number of amides is 1. The second-order valence-electron chi connectivity index (χ2n) is 7.47. The van der Waals surface area contributed by atoms with Gasteiger partial charge in [0.25, 0.3) is 0 Å². The van der Waals surface area contributed by atoms with Crippen molar-refractivity contribution in [1.82, 2.24) is 0 Å². The number of alkyl halides is 3. The molecule has 1 aromatic rings. The SMILES string of the molecule is O=C(O)C1C(C(=O)Nc2ccc(OC(F)(F)F)cc2)C2CCC1C21CC1. The van der Waals surface area contributed by atoms with Crippen molar-refractivity contribution >= 4 is 17.6 Å². The lowest BCUT2D eigenvalue weighted by Crippen LogP contribution is -2.37. The fraction of sp³-hybridized carbons (Fsp3) is 0.556. The molecule has 1 amide bonds. The highest BCUT2D eigenvalue weighted by molar-refractivity contribution is 5.96. The molecule has 4 atom stereocenters. The predicted molar refractivity (Wildman–Crippen MR) is 84.3 cm³/mol. The van der Waals surface area contributed by atoms with E-state index in [0.717, 1.165) is 37.8 Å². The maximum atomic E-state index is 12.8. The van der Waals surface area contributed by atoms with Gasteiger partial charge in [0.2, 0.25) is 5.91 Å². The van der Waals surface area contributed by atoms with Crippen molar-refractivity contribution in [3.05, 3.63) is 24.3 Å². The van der Waals surface area contributed by atoms with E-state index in [1.807, 2.05) is 0 Å². The summed E-state index contributed by atoms with van der Waals surface area (Å²) in [4.78, 5) is 24.5. The molecule has 0 radical (unpaired) electrons. The number of ether oxygens (including phenoxy) is 1. The summed E-state index contributed by atoms with van der Waals surface area (Å²) >= 11 is 0. The Morgan fingerprint density at radius 1 is 1.08 bits per heavy atom. The monoisotopic (exact) mass is 369 g/mol. The number of carboxylic acids is 1. The van der Waals surface area contributed by atoms with Crippen LogP contribution in [0.25, 0.3) is 0 Å². The van der Waals surface area contributed by atoms with Crippen molar-refractivity contribution in [2.75, 3.05) is 5.32 Å². The first kappa shape index (κ1) is 17.2.